The zero-order valence-electron chi connectivity index (χ0n) is 17.4. The van der Waals surface area contributed by atoms with E-state index in [0.29, 0.717) is 44.0 Å². The molecule has 1 spiro atoms. The maximum Gasteiger partial charge on any atom is 0.302 e. The van der Waals surface area contributed by atoms with E-state index in [0.717, 1.165) is 11.0 Å². The molecule has 2 fully saturated rings. The number of hydrogen-bond acceptors (Lipinski definition) is 7. The topological polar surface area (TPSA) is 180 Å². The molecule has 7 N–H and O–H groups in total. The molecule has 3 aromatic heterocycles. The molecule has 33 heavy (non-hydrogen) atoms. The number of nitrogens with one attached hydrogen (secondary N) is 3. The van der Waals surface area contributed by atoms with Gasteiger partial charge in [-0.05, 0) is 25.0 Å². The summed E-state index contributed by atoms with van der Waals surface area (Å²) in [4.78, 5) is 46.3. The van der Waals surface area contributed by atoms with Crippen LogP contribution in [0.2, 0.25) is 5.15 Å². The van der Waals surface area contributed by atoms with Gasteiger partial charge in [-0.2, -0.15) is 4.99 Å². The van der Waals surface area contributed by atoms with Crippen molar-refractivity contribution in [1.82, 2.24) is 35.5 Å². The third-order valence-corrected chi connectivity index (χ3v) is 6.23. The van der Waals surface area contributed by atoms with Crippen molar-refractivity contribution in [3.05, 3.63) is 40.9 Å². The summed E-state index contributed by atoms with van der Waals surface area (Å²) in [6.45, 7) is 1.69. The summed E-state index contributed by atoms with van der Waals surface area (Å²) in [6.07, 6.45) is 4.76. The highest BCUT2D eigenvalue weighted by molar-refractivity contribution is 6.31. The average Bonchev–Trinajstić information content (AvgIpc) is 3.43. The molecule has 2 aliphatic rings. The molecule has 12 nitrogen and oxygen atoms in total. The van der Waals surface area contributed by atoms with Gasteiger partial charge in [0.05, 0.1) is 11.1 Å². The summed E-state index contributed by atoms with van der Waals surface area (Å²) in [5.74, 6) is -0.618. The van der Waals surface area contributed by atoms with Crippen LogP contribution in [-0.4, -0.2) is 67.8 Å². The van der Waals surface area contributed by atoms with E-state index in [2.05, 4.69) is 35.6 Å². The van der Waals surface area contributed by atoms with Crippen molar-refractivity contribution in [3.63, 3.8) is 0 Å². The molecule has 0 unspecified atom stereocenters. The van der Waals surface area contributed by atoms with Crippen molar-refractivity contribution in [3.8, 4) is 0 Å². The van der Waals surface area contributed by atoms with E-state index in [1.807, 2.05) is 17.0 Å². The Morgan fingerprint density at radius 3 is 2.76 bits per heavy atom. The number of likely N-dealkylation sites (tertiary alicyclic amines) is 1. The summed E-state index contributed by atoms with van der Waals surface area (Å²) in [7, 11) is 0. The van der Waals surface area contributed by atoms with Gasteiger partial charge in [0, 0.05) is 37.4 Å². The van der Waals surface area contributed by atoms with Crippen molar-refractivity contribution in [2.75, 3.05) is 31.1 Å². The van der Waals surface area contributed by atoms with Crippen LogP contribution in [0, 0.1) is 0 Å². The van der Waals surface area contributed by atoms with Crippen LogP contribution >= 0.6 is 11.6 Å². The molecular weight excluding hydrogens is 448 g/mol. The number of piperidine rings is 1. The van der Waals surface area contributed by atoms with Gasteiger partial charge in [0.15, 0.2) is 28.4 Å². The Kier molecular flexibility index (Phi) is 5.01. The van der Waals surface area contributed by atoms with E-state index >= 15 is 0 Å². The van der Waals surface area contributed by atoms with E-state index < -0.39 is 5.91 Å². The molecule has 0 radical (unpaired) electrons. The molecule has 3 aromatic rings. The molecule has 0 atom stereocenters. The SMILES string of the molecule is Nc1nc(N)c(C(=O)/N=C2\NCC3(CCN(C(=O)c4cnc5[nH]ccc5c4)CC3)N2)nc1Cl. The van der Waals surface area contributed by atoms with Crippen LogP contribution in [0.3, 0.4) is 0 Å². The molecule has 5 rings (SSSR count). The number of nitrogens with two attached hydrogens (primary N) is 2. The van der Waals surface area contributed by atoms with Gasteiger partial charge in [0.25, 0.3) is 5.91 Å². The fourth-order valence-corrected chi connectivity index (χ4v) is 4.22. The Morgan fingerprint density at radius 2 is 1.97 bits per heavy atom. The fraction of sp³-hybridized carbons (Fsp3) is 0.300. The molecule has 2 amide bonds. The van der Waals surface area contributed by atoms with Gasteiger partial charge in [0.2, 0.25) is 0 Å². The van der Waals surface area contributed by atoms with Gasteiger partial charge < -0.3 is 32.0 Å². The first kappa shape index (κ1) is 20.9. The minimum atomic E-state index is -0.686. The lowest BCUT2D eigenvalue weighted by molar-refractivity contribution is 0.0669. The van der Waals surface area contributed by atoms with Crippen LogP contribution in [-0.2, 0) is 0 Å². The number of aliphatic imine (C=N–C) groups is 1. The first-order chi connectivity index (χ1) is 15.8. The first-order valence-corrected chi connectivity index (χ1v) is 10.7. The van der Waals surface area contributed by atoms with E-state index in [4.69, 9.17) is 23.1 Å². The highest BCUT2D eigenvalue weighted by atomic mass is 35.5. The highest BCUT2D eigenvalue weighted by Gasteiger charge is 2.41. The molecule has 2 aliphatic heterocycles. The third-order valence-electron chi connectivity index (χ3n) is 5.95. The van der Waals surface area contributed by atoms with Crippen LogP contribution in [0.1, 0.15) is 33.7 Å². The van der Waals surface area contributed by atoms with Crippen LogP contribution in [0.25, 0.3) is 11.0 Å². The number of halogens is 1. The number of aromatic nitrogens is 4. The summed E-state index contributed by atoms with van der Waals surface area (Å²) < 4.78 is 0. The number of nitrogen functional groups attached to an aromatic ring is 2. The largest absolute Gasteiger partial charge is 0.382 e. The number of hydrogen-bond donors (Lipinski definition) is 5. The normalized spacial score (nSPS) is 18.5. The fourth-order valence-electron chi connectivity index (χ4n) is 4.09. The Balaban J connectivity index is 1.24. The molecule has 13 heteroatoms. The molecule has 0 aromatic carbocycles. The molecule has 0 saturated carbocycles. The average molecular weight is 469 g/mol. The third kappa shape index (κ3) is 3.89. The lowest BCUT2D eigenvalue weighted by atomic mass is 9.88. The van der Waals surface area contributed by atoms with Crippen molar-refractivity contribution in [2.45, 2.75) is 18.4 Å². The number of guanidine groups is 1. The van der Waals surface area contributed by atoms with Crippen LogP contribution in [0.5, 0.6) is 0 Å². The standard InChI is InChI=1S/C20H21ClN10O2/c21-13-15(23)28-14(22)12(27-13)17(32)29-19-26-9-20(30-19)2-5-31(6-3-20)18(33)11-7-10-1-4-24-16(10)25-8-11/h1,4,7-8H,2-3,5-6,9H2,(H,24,25)(H4,22,23,28)(H2,26,29,30,32). The van der Waals surface area contributed by atoms with Gasteiger partial charge in [-0.25, -0.2) is 15.0 Å². The summed E-state index contributed by atoms with van der Waals surface area (Å²) in [5, 5.41) is 7.19. The summed E-state index contributed by atoms with van der Waals surface area (Å²) >= 11 is 5.85. The van der Waals surface area contributed by atoms with E-state index in [1.54, 1.807) is 12.4 Å². The number of anilines is 2. The van der Waals surface area contributed by atoms with Crippen LogP contribution in [0.15, 0.2) is 29.5 Å². The van der Waals surface area contributed by atoms with Crippen molar-refractivity contribution in [1.29, 1.82) is 0 Å². The van der Waals surface area contributed by atoms with Gasteiger partial charge in [-0.3, -0.25) is 9.59 Å². The number of amides is 2. The predicted octanol–water partition coefficient (Wildman–Crippen LogP) is 0.535. The molecule has 0 aliphatic carbocycles. The number of H-pyrrole nitrogens is 1. The Morgan fingerprint density at radius 1 is 1.18 bits per heavy atom. The van der Waals surface area contributed by atoms with Crippen molar-refractivity contribution >= 4 is 52.0 Å². The number of rotatable bonds is 2. The van der Waals surface area contributed by atoms with Gasteiger partial charge in [-0.15, -0.1) is 0 Å². The Labute approximate surface area is 192 Å². The number of carbonyl (C=O) groups is 2. The maximum atomic E-state index is 12.9. The molecule has 170 valence electrons. The second-order valence-corrected chi connectivity index (χ2v) is 8.45. The number of pyridine rings is 1. The molecule has 0 bridgehead atoms. The highest BCUT2D eigenvalue weighted by Crippen LogP contribution is 2.26. The molecular formula is C20H21ClN10O2. The number of fused-ring (bicyclic) bond motifs is 1. The zero-order chi connectivity index (χ0) is 23.2. The van der Waals surface area contributed by atoms with Gasteiger partial charge >= 0.3 is 5.91 Å². The van der Waals surface area contributed by atoms with Gasteiger partial charge in [0.1, 0.15) is 5.65 Å². The van der Waals surface area contributed by atoms with E-state index in [1.165, 1.54) is 0 Å². The maximum absolute atomic E-state index is 12.9. The number of aromatic amines is 1. The second kappa shape index (κ2) is 7.89. The smallest absolute Gasteiger partial charge is 0.302 e. The lowest BCUT2D eigenvalue weighted by Crippen LogP contribution is -2.53. The molecule has 5 heterocycles. The monoisotopic (exact) mass is 468 g/mol. The second-order valence-electron chi connectivity index (χ2n) is 8.09. The molecule has 2 saturated heterocycles. The Bertz CT molecular complexity index is 1300. The first-order valence-electron chi connectivity index (χ1n) is 10.3. The predicted molar refractivity (Wildman–Crippen MR) is 123 cm³/mol. The Hall–Kier alpha value is -3.93. The number of carbonyl (C=O) groups excluding carboxylic acids is 2. The van der Waals surface area contributed by atoms with Crippen molar-refractivity contribution < 1.29 is 9.59 Å². The van der Waals surface area contributed by atoms with Crippen LogP contribution < -0.4 is 22.1 Å². The quantitative estimate of drug-likeness (QED) is 0.358. The summed E-state index contributed by atoms with van der Waals surface area (Å²) in [6, 6.07) is 3.73. The van der Waals surface area contributed by atoms with Crippen LogP contribution in [0.4, 0.5) is 11.6 Å². The zero-order valence-corrected chi connectivity index (χ0v) is 18.2. The number of nitrogens with zero attached hydrogens (tertiary/aromatic N) is 5. The van der Waals surface area contributed by atoms with Crippen molar-refractivity contribution in [2.24, 2.45) is 4.99 Å². The summed E-state index contributed by atoms with van der Waals surface area (Å²) in [5.41, 5.74) is 12.1. The minimum absolute atomic E-state index is 0.0512. The lowest BCUT2D eigenvalue weighted by Gasteiger charge is -2.38. The van der Waals surface area contributed by atoms with Gasteiger partial charge in [-0.1, -0.05) is 11.6 Å². The minimum Gasteiger partial charge on any atom is -0.382 e. The van der Waals surface area contributed by atoms with E-state index in [9.17, 15) is 9.59 Å². The van der Waals surface area contributed by atoms with E-state index in [-0.39, 0.29) is 33.9 Å².